The van der Waals surface area contributed by atoms with Crippen LogP contribution in [-0.2, 0) is 9.53 Å². The molecular weight excluding hydrogens is 230 g/mol. The summed E-state index contributed by atoms with van der Waals surface area (Å²) in [6.45, 7) is 6.62. The van der Waals surface area contributed by atoms with Gasteiger partial charge in [0.25, 0.3) is 5.91 Å². The van der Waals surface area contributed by atoms with Crippen LogP contribution in [0.4, 0.5) is 5.82 Å². The summed E-state index contributed by atoms with van der Waals surface area (Å²) >= 11 is 0. The number of carbonyl (C=O) groups is 1. The minimum atomic E-state index is -0.331. The zero-order valence-electron chi connectivity index (χ0n) is 11.1. The molecular formula is C13H19N3O2. The highest BCUT2D eigenvalue weighted by Crippen LogP contribution is 2.16. The van der Waals surface area contributed by atoms with Gasteiger partial charge in [-0.25, -0.2) is 9.97 Å². The summed E-state index contributed by atoms with van der Waals surface area (Å²) < 4.78 is 5.34. The number of amides is 1. The van der Waals surface area contributed by atoms with Crippen LogP contribution in [0, 0.1) is 6.92 Å². The summed E-state index contributed by atoms with van der Waals surface area (Å²) in [6, 6.07) is 1.78. The van der Waals surface area contributed by atoms with Crippen molar-refractivity contribution in [2.75, 3.05) is 11.9 Å². The number of ether oxygens (including phenoxy) is 1. The van der Waals surface area contributed by atoms with Crippen LogP contribution in [0.1, 0.15) is 44.1 Å². The fraction of sp³-hybridized carbons (Fsp3) is 0.615. The molecule has 0 spiro atoms. The van der Waals surface area contributed by atoms with Gasteiger partial charge in [-0.3, -0.25) is 4.79 Å². The van der Waals surface area contributed by atoms with E-state index in [0.717, 1.165) is 24.4 Å². The van der Waals surface area contributed by atoms with Gasteiger partial charge in [0.1, 0.15) is 17.7 Å². The van der Waals surface area contributed by atoms with Crippen molar-refractivity contribution in [3.8, 4) is 0 Å². The van der Waals surface area contributed by atoms with E-state index in [1.54, 1.807) is 6.07 Å². The highest BCUT2D eigenvalue weighted by molar-refractivity contribution is 5.93. The molecule has 5 heteroatoms. The van der Waals surface area contributed by atoms with Gasteiger partial charge < -0.3 is 10.1 Å². The van der Waals surface area contributed by atoms with E-state index in [9.17, 15) is 4.79 Å². The Bertz CT molecular complexity index is 440. The highest BCUT2D eigenvalue weighted by atomic mass is 16.5. The average Bonchev–Trinajstić information content (AvgIpc) is 2.81. The topological polar surface area (TPSA) is 64.1 Å². The van der Waals surface area contributed by atoms with E-state index in [-0.39, 0.29) is 17.9 Å². The molecule has 0 radical (unpaired) electrons. The lowest BCUT2D eigenvalue weighted by molar-refractivity contribution is -0.124. The Labute approximate surface area is 107 Å². The van der Waals surface area contributed by atoms with Gasteiger partial charge in [0.2, 0.25) is 0 Å². The third-order valence-electron chi connectivity index (χ3n) is 2.86. The van der Waals surface area contributed by atoms with Crippen molar-refractivity contribution >= 4 is 11.7 Å². The second-order valence-corrected chi connectivity index (χ2v) is 4.90. The van der Waals surface area contributed by atoms with Crippen LogP contribution in [0.2, 0.25) is 0 Å². The SMILES string of the molecule is Cc1cc(NC(=O)[C@@H]2CCCO2)nc(C(C)C)n1. The molecule has 98 valence electrons. The Balaban J connectivity index is 2.10. The molecule has 2 heterocycles. The van der Waals surface area contributed by atoms with Gasteiger partial charge in [-0.05, 0) is 19.8 Å². The van der Waals surface area contributed by atoms with E-state index in [0.29, 0.717) is 12.4 Å². The molecule has 1 amide bonds. The van der Waals surface area contributed by atoms with Crippen LogP contribution in [0.5, 0.6) is 0 Å². The summed E-state index contributed by atoms with van der Waals surface area (Å²) in [6.07, 6.45) is 1.40. The first-order valence-electron chi connectivity index (χ1n) is 6.34. The van der Waals surface area contributed by atoms with Crippen LogP contribution in [-0.4, -0.2) is 28.6 Å². The van der Waals surface area contributed by atoms with Crippen LogP contribution in [0.25, 0.3) is 0 Å². The second-order valence-electron chi connectivity index (χ2n) is 4.90. The molecule has 1 N–H and O–H groups in total. The lowest BCUT2D eigenvalue weighted by Crippen LogP contribution is -2.27. The minimum absolute atomic E-state index is 0.111. The van der Waals surface area contributed by atoms with Crippen LogP contribution in [0.3, 0.4) is 0 Å². The second kappa shape index (κ2) is 5.44. The van der Waals surface area contributed by atoms with Gasteiger partial charge >= 0.3 is 0 Å². The number of anilines is 1. The number of carbonyl (C=O) groups excluding carboxylic acids is 1. The van der Waals surface area contributed by atoms with Crippen molar-refractivity contribution in [1.29, 1.82) is 0 Å². The zero-order chi connectivity index (χ0) is 13.1. The number of aryl methyl sites for hydroxylation is 1. The van der Waals surface area contributed by atoms with Crippen molar-refractivity contribution in [2.45, 2.75) is 45.6 Å². The maximum atomic E-state index is 11.9. The summed E-state index contributed by atoms with van der Waals surface area (Å²) in [7, 11) is 0. The van der Waals surface area contributed by atoms with E-state index in [4.69, 9.17) is 4.74 Å². The van der Waals surface area contributed by atoms with Crippen LogP contribution >= 0.6 is 0 Å². The molecule has 0 unspecified atom stereocenters. The summed E-state index contributed by atoms with van der Waals surface area (Å²) in [4.78, 5) is 20.6. The van der Waals surface area contributed by atoms with Crippen molar-refractivity contribution in [3.63, 3.8) is 0 Å². The number of aromatic nitrogens is 2. The van der Waals surface area contributed by atoms with E-state index in [1.165, 1.54) is 0 Å². The zero-order valence-corrected chi connectivity index (χ0v) is 11.1. The van der Waals surface area contributed by atoms with E-state index >= 15 is 0 Å². The predicted octanol–water partition coefficient (Wildman–Crippen LogP) is 2.03. The minimum Gasteiger partial charge on any atom is -0.368 e. The van der Waals surface area contributed by atoms with Crippen molar-refractivity contribution < 1.29 is 9.53 Å². The summed E-state index contributed by atoms with van der Waals surface area (Å²) in [5.41, 5.74) is 0.858. The van der Waals surface area contributed by atoms with E-state index in [2.05, 4.69) is 15.3 Å². The van der Waals surface area contributed by atoms with Crippen molar-refractivity contribution in [3.05, 3.63) is 17.6 Å². The molecule has 2 rings (SSSR count). The maximum absolute atomic E-state index is 11.9. The number of hydrogen-bond donors (Lipinski definition) is 1. The quantitative estimate of drug-likeness (QED) is 0.890. The first-order chi connectivity index (χ1) is 8.56. The smallest absolute Gasteiger partial charge is 0.254 e. The largest absolute Gasteiger partial charge is 0.368 e. The van der Waals surface area contributed by atoms with Crippen LogP contribution < -0.4 is 5.32 Å². The number of nitrogens with zero attached hydrogens (tertiary/aromatic N) is 2. The standard InChI is InChI=1S/C13H19N3O2/c1-8(2)12-14-9(3)7-11(15-12)16-13(17)10-5-4-6-18-10/h7-8,10H,4-6H2,1-3H3,(H,14,15,16,17)/t10-/m0/s1. The average molecular weight is 249 g/mol. The van der Waals surface area contributed by atoms with Crippen molar-refractivity contribution in [2.24, 2.45) is 0 Å². The van der Waals surface area contributed by atoms with Gasteiger partial charge in [0.05, 0.1) is 0 Å². The molecule has 0 bridgehead atoms. The fourth-order valence-electron chi connectivity index (χ4n) is 1.90. The van der Waals surface area contributed by atoms with Gasteiger partial charge in [-0.1, -0.05) is 13.8 Å². The van der Waals surface area contributed by atoms with E-state index in [1.807, 2.05) is 20.8 Å². The van der Waals surface area contributed by atoms with Gasteiger partial charge in [0.15, 0.2) is 0 Å². The highest BCUT2D eigenvalue weighted by Gasteiger charge is 2.24. The Morgan fingerprint density at radius 3 is 2.89 bits per heavy atom. The Hall–Kier alpha value is -1.49. The number of rotatable bonds is 3. The lowest BCUT2D eigenvalue weighted by atomic mass is 10.2. The molecule has 1 saturated heterocycles. The molecule has 0 saturated carbocycles. The third kappa shape index (κ3) is 3.04. The molecule has 5 nitrogen and oxygen atoms in total. The fourth-order valence-corrected chi connectivity index (χ4v) is 1.90. The normalized spacial score (nSPS) is 19.2. The molecule has 0 aliphatic carbocycles. The van der Waals surface area contributed by atoms with Gasteiger partial charge in [0, 0.05) is 24.3 Å². The van der Waals surface area contributed by atoms with Gasteiger partial charge in [-0.15, -0.1) is 0 Å². The maximum Gasteiger partial charge on any atom is 0.254 e. The molecule has 1 aliphatic rings. The molecule has 1 fully saturated rings. The summed E-state index contributed by atoms with van der Waals surface area (Å²) in [5, 5.41) is 2.80. The summed E-state index contributed by atoms with van der Waals surface area (Å²) in [5.74, 6) is 1.44. The van der Waals surface area contributed by atoms with Gasteiger partial charge in [-0.2, -0.15) is 0 Å². The molecule has 18 heavy (non-hydrogen) atoms. The monoisotopic (exact) mass is 249 g/mol. The molecule has 0 aromatic carbocycles. The Kier molecular flexibility index (Phi) is 3.91. The number of nitrogens with one attached hydrogen (secondary N) is 1. The molecule has 1 atom stereocenters. The van der Waals surface area contributed by atoms with Crippen molar-refractivity contribution in [1.82, 2.24) is 9.97 Å². The Morgan fingerprint density at radius 1 is 1.50 bits per heavy atom. The molecule has 1 aromatic heterocycles. The first kappa shape index (κ1) is 13.0. The Morgan fingerprint density at radius 2 is 2.28 bits per heavy atom. The molecule has 1 aliphatic heterocycles. The predicted molar refractivity (Wildman–Crippen MR) is 68.5 cm³/mol. The lowest BCUT2D eigenvalue weighted by Gasteiger charge is -2.12. The number of hydrogen-bond acceptors (Lipinski definition) is 4. The first-order valence-corrected chi connectivity index (χ1v) is 6.34. The third-order valence-corrected chi connectivity index (χ3v) is 2.86. The van der Waals surface area contributed by atoms with Crippen LogP contribution in [0.15, 0.2) is 6.07 Å². The molecule has 1 aromatic rings. The van der Waals surface area contributed by atoms with E-state index < -0.39 is 0 Å².